The fraction of sp³-hybridized carbons (Fsp3) is 0.786. The lowest BCUT2D eigenvalue weighted by Gasteiger charge is -2.38. The minimum absolute atomic E-state index is 0.504. The van der Waals surface area contributed by atoms with Crippen molar-refractivity contribution < 1.29 is 5.11 Å². The molecule has 0 aliphatic heterocycles. The monoisotopic (exact) mass is 236 g/mol. The lowest BCUT2D eigenvalue weighted by Crippen LogP contribution is -2.38. The summed E-state index contributed by atoms with van der Waals surface area (Å²) in [6.45, 7) is 4.53. The number of aliphatic hydroxyl groups is 1. The minimum Gasteiger partial charge on any atom is -0.390 e. The van der Waals surface area contributed by atoms with Crippen LogP contribution in [0.25, 0.3) is 0 Å². The molecule has 17 heavy (non-hydrogen) atoms. The fourth-order valence-electron chi connectivity index (χ4n) is 3.06. The Morgan fingerprint density at radius 1 is 1.59 bits per heavy atom. The predicted molar refractivity (Wildman–Crippen MR) is 68.7 cm³/mol. The van der Waals surface area contributed by atoms with Gasteiger partial charge in [0, 0.05) is 19.7 Å². The van der Waals surface area contributed by atoms with Gasteiger partial charge in [0.25, 0.3) is 0 Å². The predicted octanol–water partition coefficient (Wildman–Crippen LogP) is 2.54. The summed E-state index contributed by atoms with van der Waals surface area (Å²) in [4.78, 5) is 0. The van der Waals surface area contributed by atoms with Gasteiger partial charge in [0.05, 0.1) is 11.8 Å². The highest BCUT2D eigenvalue weighted by atomic mass is 16.3. The van der Waals surface area contributed by atoms with Crippen LogP contribution in [0.4, 0.5) is 0 Å². The maximum atomic E-state index is 10.7. The van der Waals surface area contributed by atoms with Gasteiger partial charge in [-0.1, -0.05) is 20.3 Å². The molecule has 0 bridgehead atoms. The van der Waals surface area contributed by atoms with E-state index in [0.717, 1.165) is 31.2 Å². The molecule has 1 aromatic heterocycles. The molecule has 1 saturated carbocycles. The zero-order valence-electron chi connectivity index (χ0n) is 11.2. The van der Waals surface area contributed by atoms with Crippen molar-refractivity contribution in [3.63, 3.8) is 0 Å². The maximum absolute atomic E-state index is 10.7. The summed E-state index contributed by atoms with van der Waals surface area (Å²) < 4.78 is 1.81. The van der Waals surface area contributed by atoms with Gasteiger partial charge in [-0.05, 0) is 36.7 Å². The van der Waals surface area contributed by atoms with E-state index in [1.54, 1.807) is 4.68 Å². The van der Waals surface area contributed by atoms with Gasteiger partial charge in [-0.2, -0.15) is 5.10 Å². The molecule has 0 amide bonds. The van der Waals surface area contributed by atoms with Crippen molar-refractivity contribution in [1.29, 1.82) is 0 Å². The van der Waals surface area contributed by atoms with Crippen molar-refractivity contribution in [2.24, 2.45) is 18.9 Å². The summed E-state index contributed by atoms with van der Waals surface area (Å²) in [6.07, 6.45) is 8.94. The van der Waals surface area contributed by atoms with Gasteiger partial charge in [0.2, 0.25) is 0 Å². The Labute approximate surface area is 104 Å². The van der Waals surface area contributed by atoms with Crippen LogP contribution in [0.2, 0.25) is 0 Å². The van der Waals surface area contributed by atoms with Gasteiger partial charge in [-0.25, -0.2) is 0 Å². The second-order valence-electron chi connectivity index (χ2n) is 6.02. The van der Waals surface area contributed by atoms with E-state index in [2.05, 4.69) is 18.9 Å². The highest BCUT2D eigenvalue weighted by molar-refractivity contribution is 5.09. The Morgan fingerprint density at radius 3 is 2.94 bits per heavy atom. The van der Waals surface area contributed by atoms with Crippen LogP contribution in [0.5, 0.6) is 0 Å². The molecule has 1 aliphatic carbocycles. The highest BCUT2D eigenvalue weighted by Crippen LogP contribution is 2.38. The van der Waals surface area contributed by atoms with Gasteiger partial charge in [0.15, 0.2) is 0 Å². The van der Waals surface area contributed by atoms with E-state index in [0.29, 0.717) is 11.8 Å². The number of hydrogen-bond donors (Lipinski definition) is 1. The van der Waals surface area contributed by atoms with E-state index in [9.17, 15) is 5.11 Å². The number of aryl methyl sites for hydroxylation is 1. The van der Waals surface area contributed by atoms with Gasteiger partial charge in [-0.3, -0.25) is 4.68 Å². The van der Waals surface area contributed by atoms with E-state index in [-0.39, 0.29) is 0 Å². The minimum atomic E-state index is -0.504. The molecule has 1 aliphatic rings. The third kappa shape index (κ3) is 3.09. The van der Waals surface area contributed by atoms with E-state index >= 15 is 0 Å². The number of aromatic nitrogens is 2. The first-order chi connectivity index (χ1) is 7.98. The summed E-state index contributed by atoms with van der Waals surface area (Å²) in [5, 5.41) is 14.9. The highest BCUT2D eigenvalue weighted by Gasteiger charge is 2.35. The molecule has 0 aromatic carbocycles. The maximum Gasteiger partial charge on any atom is 0.0691 e. The van der Waals surface area contributed by atoms with Crippen LogP contribution in [0.15, 0.2) is 12.4 Å². The van der Waals surface area contributed by atoms with Crippen LogP contribution >= 0.6 is 0 Å². The number of nitrogens with zero attached hydrogens (tertiary/aromatic N) is 2. The van der Waals surface area contributed by atoms with Gasteiger partial charge < -0.3 is 5.11 Å². The average Bonchev–Trinajstić information content (AvgIpc) is 2.63. The van der Waals surface area contributed by atoms with Crippen LogP contribution in [0.1, 0.15) is 45.1 Å². The van der Waals surface area contributed by atoms with Crippen LogP contribution < -0.4 is 0 Å². The Balaban J connectivity index is 2.03. The molecular formula is C14H24N2O. The van der Waals surface area contributed by atoms with Crippen molar-refractivity contribution in [3.05, 3.63) is 18.0 Å². The summed E-state index contributed by atoms with van der Waals surface area (Å²) in [5.74, 6) is 1.35. The van der Waals surface area contributed by atoms with E-state index in [1.165, 1.54) is 6.42 Å². The lowest BCUT2D eigenvalue weighted by atomic mass is 9.72. The third-order valence-electron chi connectivity index (χ3n) is 4.09. The van der Waals surface area contributed by atoms with Crippen LogP contribution in [0.3, 0.4) is 0 Å². The number of hydrogen-bond acceptors (Lipinski definition) is 2. The van der Waals surface area contributed by atoms with Crippen molar-refractivity contribution in [2.45, 2.75) is 51.6 Å². The fourth-order valence-corrected chi connectivity index (χ4v) is 3.06. The lowest BCUT2D eigenvalue weighted by molar-refractivity contribution is -0.0239. The molecule has 1 aromatic rings. The Kier molecular flexibility index (Phi) is 3.57. The summed E-state index contributed by atoms with van der Waals surface area (Å²) >= 11 is 0. The molecule has 1 heterocycles. The van der Waals surface area contributed by atoms with E-state index in [1.807, 2.05) is 19.4 Å². The molecule has 1 fully saturated rings. The smallest absolute Gasteiger partial charge is 0.0691 e. The molecule has 0 radical (unpaired) electrons. The second-order valence-corrected chi connectivity index (χ2v) is 6.02. The molecule has 96 valence electrons. The van der Waals surface area contributed by atoms with Gasteiger partial charge in [0.1, 0.15) is 0 Å². The first-order valence-corrected chi connectivity index (χ1v) is 6.68. The zero-order valence-corrected chi connectivity index (χ0v) is 11.2. The first-order valence-electron chi connectivity index (χ1n) is 6.68. The Morgan fingerprint density at radius 2 is 2.35 bits per heavy atom. The third-order valence-corrected chi connectivity index (χ3v) is 4.09. The first kappa shape index (κ1) is 12.6. The normalized spacial score (nSPS) is 29.8. The molecule has 2 rings (SSSR count). The van der Waals surface area contributed by atoms with Crippen LogP contribution in [0, 0.1) is 11.8 Å². The van der Waals surface area contributed by atoms with Crippen molar-refractivity contribution in [3.8, 4) is 0 Å². The average molecular weight is 236 g/mol. The molecule has 3 nitrogen and oxygen atoms in total. The Hall–Kier alpha value is -0.830. The van der Waals surface area contributed by atoms with Gasteiger partial charge in [-0.15, -0.1) is 0 Å². The zero-order chi connectivity index (χ0) is 12.5. The van der Waals surface area contributed by atoms with Gasteiger partial charge >= 0.3 is 0 Å². The molecule has 3 heteroatoms. The standard InChI is InChI=1S/C14H24N2O/c1-11(2)13-5-4-6-14(17,8-13)7-12-9-15-16(3)10-12/h9-11,13,17H,4-8H2,1-3H3. The molecule has 0 saturated heterocycles. The molecular weight excluding hydrogens is 212 g/mol. The van der Waals surface area contributed by atoms with E-state index < -0.39 is 5.60 Å². The van der Waals surface area contributed by atoms with Crippen molar-refractivity contribution in [1.82, 2.24) is 9.78 Å². The summed E-state index contributed by atoms with van der Waals surface area (Å²) in [7, 11) is 1.92. The van der Waals surface area contributed by atoms with Crippen LogP contribution in [-0.2, 0) is 13.5 Å². The SMILES string of the molecule is CC(C)C1CCCC(O)(Cc2cnn(C)c2)C1. The second kappa shape index (κ2) is 4.81. The van der Waals surface area contributed by atoms with Crippen LogP contribution in [-0.4, -0.2) is 20.5 Å². The Bertz CT molecular complexity index is 372. The van der Waals surface area contributed by atoms with Crippen molar-refractivity contribution >= 4 is 0 Å². The summed E-state index contributed by atoms with van der Waals surface area (Å²) in [5.41, 5.74) is 0.648. The molecule has 1 N–H and O–H groups in total. The topological polar surface area (TPSA) is 38.1 Å². The molecule has 2 unspecified atom stereocenters. The summed E-state index contributed by atoms with van der Waals surface area (Å²) in [6, 6.07) is 0. The number of rotatable bonds is 3. The quantitative estimate of drug-likeness (QED) is 0.875. The van der Waals surface area contributed by atoms with E-state index in [4.69, 9.17) is 0 Å². The molecule has 2 atom stereocenters. The largest absolute Gasteiger partial charge is 0.390 e. The molecule has 0 spiro atoms. The van der Waals surface area contributed by atoms with Crippen molar-refractivity contribution in [2.75, 3.05) is 0 Å².